The lowest BCUT2D eigenvalue weighted by atomic mass is 9.98. The van der Waals surface area contributed by atoms with E-state index in [-0.39, 0.29) is 30.2 Å². The molecule has 0 unspecified atom stereocenters. The van der Waals surface area contributed by atoms with Crippen LogP contribution in [0.4, 0.5) is 0 Å². The number of nitriles is 1. The Balaban J connectivity index is 1.55. The van der Waals surface area contributed by atoms with Crippen molar-refractivity contribution >= 4 is 11.8 Å². The zero-order valence-electron chi connectivity index (χ0n) is 13.1. The van der Waals surface area contributed by atoms with Gasteiger partial charge in [-0.1, -0.05) is 30.3 Å². The highest BCUT2D eigenvalue weighted by molar-refractivity contribution is 5.86. The zero-order valence-corrected chi connectivity index (χ0v) is 13.1. The summed E-state index contributed by atoms with van der Waals surface area (Å²) in [6, 6.07) is 12.3. The molecule has 3 rings (SSSR count). The minimum atomic E-state index is 0.00320. The number of rotatable bonds is 3. The van der Waals surface area contributed by atoms with E-state index in [0.717, 1.165) is 18.4 Å². The Morgan fingerprint density at radius 1 is 1.22 bits per heavy atom. The molecule has 5 nitrogen and oxygen atoms in total. The van der Waals surface area contributed by atoms with Crippen LogP contribution in [0.2, 0.25) is 0 Å². The van der Waals surface area contributed by atoms with Crippen molar-refractivity contribution in [1.29, 1.82) is 5.26 Å². The van der Waals surface area contributed by atoms with Gasteiger partial charge in [0.25, 0.3) is 0 Å². The van der Waals surface area contributed by atoms with Gasteiger partial charge in [0.2, 0.25) is 11.8 Å². The first kappa shape index (κ1) is 15.5. The smallest absolute Gasteiger partial charge is 0.242 e. The predicted molar refractivity (Wildman–Crippen MR) is 85.3 cm³/mol. The van der Waals surface area contributed by atoms with Crippen LogP contribution in [0.15, 0.2) is 30.3 Å². The second kappa shape index (κ2) is 6.82. The summed E-state index contributed by atoms with van der Waals surface area (Å²) in [5, 5.41) is 8.91. The molecule has 0 saturated carbocycles. The van der Waals surface area contributed by atoms with Crippen molar-refractivity contribution in [2.75, 3.05) is 26.2 Å². The summed E-state index contributed by atoms with van der Waals surface area (Å²) >= 11 is 0. The first-order chi connectivity index (χ1) is 11.2. The van der Waals surface area contributed by atoms with Gasteiger partial charge in [0.15, 0.2) is 0 Å². The summed E-state index contributed by atoms with van der Waals surface area (Å²) in [5.74, 6) is 0.304. The molecule has 0 bridgehead atoms. The fourth-order valence-electron chi connectivity index (χ4n) is 3.39. The third kappa shape index (κ3) is 3.53. The number of nitrogens with zero attached hydrogens (tertiary/aromatic N) is 3. The van der Waals surface area contributed by atoms with Crippen molar-refractivity contribution in [1.82, 2.24) is 9.80 Å². The molecular formula is C18H21N3O2. The van der Waals surface area contributed by atoms with E-state index >= 15 is 0 Å². The fourth-order valence-corrected chi connectivity index (χ4v) is 3.39. The quantitative estimate of drug-likeness (QED) is 0.854. The lowest BCUT2D eigenvalue weighted by molar-refractivity contribution is -0.139. The van der Waals surface area contributed by atoms with Crippen LogP contribution in [0.1, 0.15) is 30.7 Å². The average Bonchev–Trinajstić information content (AvgIpc) is 2.96. The SMILES string of the molecule is N#CC1CCN(C(=O)CN2C[C@H](c3ccccc3)CC2=O)CC1. The molecular weight excluding hydrogens is 290 g/mol. The highest BCUT2D eigenvalue weighted by atomic mass is 16.2. The minimum absolute atomic E-state index is 0.00320. The standard InChI is InChI=1S/C18H21N3O2/c19-11-14-6-8-20(9-7-14)18(23)13-21-12-16(10-17(21)22)15-4-2-1-3-5-15/h1-5,14,16H,6-10,12-13H2/t16-/m1/s1. The summed E-state index contributed by atoms with van der Waals surface area (Å²) in [4.78, 5) is 28.0. The molecule has 2 aliphatic rings. The number of hydrogen-bond acceptors (Lipinski definition) is 3. The minimum Gasteiger partial charge on any atom is -0.341 e. The molecule has 0 aromatic heterocycles. The number of carbonyl (C=O) groups is 2. The highest BCUT2D eigenvalue weighted by Crippen LogP contribution is 2.28. The van der Waals surface area contributed by atoms with Gasteiger partial charge in [-0.25, -0.2) is 0 Å². The lowest BCUT2D eigenvalue weighted by Crippen LogP contribution is -2.44. The second-order valence-electron chi connectivity index (χ2n) is 6.37. The maximum Gasteiger partial charge on any atom is 0.242 e. The maximum absolute atomic E-state index is 12.4. The molecule has 0 spiro atoms. The third-order valence-electron chi connectivity index (χ3n) is 4.84. The van der Waals surface area contributed by atoms with E-state index in [1.54, 1.807) is 9.80 Å². The fraction of sp³-hybridized carbons (Fsp3) is 0.500. The second-order valence-corrected chi connectivity index (χ2v) is 6.37. The van der Waals surface area contributed by atoms with Gasteiger partial charge in [0, 0.05) is 37.9 Å². The molecule has 5 heteroatoms. The van der Waals surface area contributed by atoms with Gasteiger partial charge in [-0.15, -0.1) is 0 Å². The molecule has 120 valence electrons. The maximum atomic E-state index is 12.4. The van der Waals surface area contributed by atoms with Crippen LogP contribution in [-0.2, 0) is 9.59 Å². The normalized spacial score (nSPS) is 22.2. The van der Waals surface area contributed by atoms with Crippen LogP contribution in [0.5, 0.6) is 0 Å². The van der Waals surface area contributed by atoms with Crippen LogP contribution >= 0.6 is 0 Å². The number of likely N-dealkylation sites (tertiary alicyclic amines) is 2. The molecule has 2 amide bonds. The predicted octanol–water partition coefficient (Wildman–Crippen LogP) is 1.76. The van der Waals surface area contributed by atoms with Gasteiger partial charge in [-0.3, -0.25) is 9.59 Å². The van der Waals surface area contributed by atoms with E-state index in [1.807, 2.05) is 30.3 Å². The van der Waals surface area contributed by atoms with Crippen LogP contribution in [0, 0.1) is 17.2 Å². The topological polar surface area (TPSA) is 64.4 Å². The molecule has 2 fully saturated rings. The number of benzene rings is 1. The molecule has 0 aliphatic carbocycles. The van der Waals surface area contributed by atoms with Gasteiger partial charge >= 0.3 is 0 Å². The van der Waals surface area contributed by atoms with Crippen molar-refractivity contribution in [3.05, 3.63) is 35.9 Å². The van der Waals surface area contributed by atoms with Gasteiger partial charge in [0.05, 0.1) is 12.6 Å². The lowest BCUT2D eigenvalue weighted by Gasteiger charge is -2.30. The summed E-state index contributed by atoms with van der Waals surface area (Å²) in [5.41, 5.74) is 1.16. The Hall–Kier alpha value is -2.35. The molecule has 0 radical (unpaired) electrons. The molecule has 2 saturated heterocycles. The van der Waals surface area contributed by atoms with E-state index in [2.05, 4.69) is 6.07 Å². The summed E-state index contributed by atoms with van der Waals surface area (Å²) in [6.07, 6.45) is 1.96. The van der Waals surface area contributed by atoms with Crippen LogP contribution in [0.25, 0.3) is 0 Å². The molecule has 1 aromatic carbocycles. The van der Waals surface area contributed by atoms with Gasteiger partial charge < -0.3 is 9.80 Å². The summed E-state index contributed by atoms with van der Waals surface area (Å²) < 4.78 is 0. The van der Waals surface area contributed by atoms with E-state index in [9.17, 15) is 9.59 Å². The van der Waals surface area contributed by atoms with Crippen molar-refractivity contribution in [3.8, 4) is 6.07 Å². The first-order valence-electron chi connectivity index (χ1n) is 8.17. The molecule has 2 aliphatic heterocycles. The molecule has 1 atom stereocenters. The first-order valence-corrected chi connectivity index (χ1v) is 8.17. The Labute approximate surface area is 136 Å². The zero-order chi connectivity index (χ0) is 16.2. The van der Waals surface area contributed by atoms with E-state index in [1.165, 1.54) is 0 Å². The Kier molecular flexibility index (Phi) is 4.61. The van der Waals surface area contributed by atoms with Crippen molar-refractivity contribution in [3.63, 3.8) is 0 Å². The highest BCUT2D eigenvalue weighted by Gasteiger charge is 2.33. The number of carbonyl (C=O) groups excluding carboxylic acids is 2. The Bertz CT molecular complexity index is 615. The number of piperidine rings is 1. The monoisotopic (exact) mass is 311 g/mol. The van der Waals surface area contributed by atoms with E-state index in [4.69, 9.17) is 5.26 Å². The van der Waals surface area contributed by atoms with Crippen LogP contribution in [-0.4, -0.2) is 47.8 Å². The summed E-state index contributed by atoms with van der Waals surface area (Å²) in [6.45, 7) is 2.03. The van der Waals surface area contributed by atoms with Crippen molar-refractivity contribution in [2.45, 2.75) is 25.2 Å². The van der Waals surface area contributed by atoms with Crippen LogP contribution in [0.3, 0.4) is 0 Å². The van der Waals surface area contributed by atoms with Crippen LogP contribution < -0.4 is 0 Å². The Morgan fingerprint density at radius 2 is 1.91 bits per heavy atom. The molecule has 23 heavy (non-hydrogen) atoms. The summed E-state index contributed by atoms with van der Waals surface area (Å²) in [7, 11) is 0. The Morgan fingerprint density at radius 3 is 2.57 bits per heavy atom. The van der Waals surface area contributed by atoms with Gasteiger partial charge in [0.1, 0.15) is 0 Å². The molecule has 0 N–H and O–H groups in total. The van der Waals surface area contributed by atoms with E-state index < -0.39 is 0 Å². The largest absolute Gasteiger partial charge is 0.341 e. The number of amides is 2. The molecule has 2 heterocycles. The van der Waals surface area contributed by atoms with Crippen molar-refractivity contribution < 1.29 is 9.59 Å². The van der Waals surface area contributed by atoms with Gasteiger partial charge in [-0.05, 0) is 18.4 Å². The average molecular weight is 311 g/mol. The van der Waals surface area contributed by atoms with E-state index in [0.29, 0.717) is 26.1 Å². The van der Waals surface area contributed by atoms with Gasteiger partial charge in [-0.2, -0.15) is 5.26 Å². The third-order valence-corrected chi connectivity index (χ3v) is 4.84. The molecule has 1 aromatic rings. The number of hydrogen-bond donors (Lipinski definition) is 0. The van der Waals surface area contributed by atoms with Crippen molar-refractivity contribution in [2.24, 2.45) is 5.92 Å².